The van der Waals surface area contributed by atoms with E-state index in [2.05, 4.69) is 5.16 Å². The number of hydrogen-bond acceptors (Lipinski definition) is 4. The molecule has 0 saturated carbocycles. The Morgan fingerprint density at radius 3 is 2.56 bits per heavy atom. The largest absolute Gasteiger partial charge is 0.409 e. The summed E-state index contributed by atoms with van der Waals surface area (Å²) in [6, 6.07) is 0.270. The van der Waals surface area contributed by atoms with Crippen LogP contribution in [0.5, 0.6) is 0 Å². The summed E-state index contributed by atoms with van der Waals surface area (Å²) in [5, 5.41) is 12.0. The topological polar surface area (TPSA) is 78.9 Å². The normalized spacial score (nSPS) is 21.1. The lowest BCUT2D eigenvalue weighted by molar-refractivity contribution is -0.139. The fourth-order valence-corrected chi connectivity index (χ4v) is 3.72. The smallest absolute Gasteiger partial charge is 0.236 e. The number of amidine groups is 1. The van der Waals surface area contributed by atoms with Crippen LogP contribution in [-0.4, -0.2) is 46.4 Å². The zero-order valence-corrected chi connectivity index (χ0v) is 12.2. The van der Waals surface area contributed by atoms with Crippen molar-refractivity contribution in [2.45, 2.75) is 39.2 Å². The van der Waals surface area contributed by atoms with Crippen LogP contribution in [0.3, 0.4) is 0 Å². The molecule has 1 amide bonds. The number of oxime groups is 1. The fraction of sp³-hybridized carbons (Fsp3) is 0.833. The van der Waals surface area contributed by atoms with Gasteiger partial charge in [-0.25, -0.2) is 0 Å². The zero-order valence-electron chi connectivity index (χ0n) is 11.3. The van der Waals surface area contributed by atoms with Crippen molar-refractivity contribution in [2.24, 2.45) is 16.3 Å². The first kappa shape index (κ1) is 15.1. The van der Waals surface area contributed by atoms with Crippen LogP contribution in [0.1, 0.15) is 33.1 Å². The van der Waals surface area contributed by atoms with E-state index in [0.29, 0.717) is 12.8 Å². The molecule has 1 rings (SSSR count). The van der Waals surface area contributed by atoms with Crippen LogP contribution >= 0.6 is 11.8 Å². The molecule has 1 fully saturated rings. The summed E-state index contributed by atoms with van der Waals surface area (Å²) in [7, 11) is 1.82. The number of nitrogens with two attached hydrogens (primary N) is 1. The molecular weight excluding hydrogens is 250 g/mol. The quantitative estimate of drug-likeness (QED) is 0.344. The Kier molecular flexibility index (Phi) is 5.31. The highest BCUT2D eigenvalue weighted by Crippen LogP contribution is 2.32. The van der Waals surface area contributed by atoms with Crippen LogP contribution in [0.25, 0.3) is 0 Å². The molecule has 1 saturated heterocycles. The van der Waals surface area contributed by atoms with Gasteiger partial charge in [-0.15, -0.1) is 0 Å². The summed E-state index contributed by atoms with van der Waals surface area (Å²) in [5.74, 6) is 2.06. The lowest BCUT2D eigenvalue weighted by Crippen LogP contribution is -2.52. The molecule has 0 aromatic carbocycles. The van der Waals surface area contributed by atoms with Crippen LogP contribution in [0.2, 0.25) is 0 Å². The molecule has 18 heavy (non-hydrogen) atoms. The van der Waals surface area contributed by atoms with Crippen LogP contribution in [0.4, 0.5) is 0 Å². The van der Waals surface area contributed by atoms with Crippen molar-refractivity contribution in [1.29, 1.82) is 0 Å². The Bertz CT molecular complexity index is 323. The van der Waals surface area contributed by atoms with Crippen molar-refractivity contribution in [3.63, 3.8) is 0 Å². The Morgan fingerprint density at radius 2 is 2.17 bits per heavy atom. The summed E-state index contributed by atoms with van der Waals surface area (Å²) in [6.45, 7) is 3.80. The molecule has 0 aliphatic carbocycles. The van der Waals surface area contributed by atoms with Gasteiger partial charge in [0.15, 0.2) is 5.84 Å². The van der Waals surface area contributed by atoms with E-state index in [1.807, 2.05) is 32.7 Å². The number of carbonyl (C=O) groups is 1. The average molecular weight is 273 g/mol. The first-order chi connectivity index (χ1) is 8.53. The second-order valence-electron chi connectivity index (χ2n) is 4.71. The summed E-state index contributed by atoms with van der Waals surface area (Å²) >= 11 is 1.86. The predicted molar refractivity (Wildman–Crippen MR) is 74.9 cm³/mol. The van der Waals surface area contributed by atoms with Crippen LogP contribution in [0.15, 0.2) is 5.16 Å². The molecule has 0 radical (unpaired) electrons. The molecule has 0 spiro atoms. The highest BCUT2D eigenvalue weighted by molar-refractivity contribution is 7.99. The number of rotatable bonds is 5. The van der Waals surface area contributed by atoms with Gasteiger partial charge in [-0.2, -0.15) is 11.8 Å². The SMILES string of the molecule is CCC(CC)(C(=O)N(C)C1CCSC1)C(N)=NO. The molecule has 6 heteroatoms. The molecule has 3 N–H and O–H groups in total. The number of amides is 1. The van der Waals surface area contributed by atoms with Gasteiger partial charge in [-0.05, 0) is 25.0 Å². The average Bonchev–Trinajstić information content (AvgIpc) is 2.93. The lowest BCUT2D eigenvalue weighted by atomic mass is 9.79. The Balaban J connectivity index is 2.95. The van der Waals surface area contributed by atoms with Crippen molar-refractivity contribution in [3.05, 3.63) is 0 Å². The van der Waals surface area contributed by atoms with Gasteiger partial charge in [0, 0.05) is 18.8 Å². The molecule has 0 aromatic heterocycles. The van der Waals surface area contributed by atoms with Crippen LogP contribution in [-0.2, 0) is 4.79 Å². The summed E-state index contributed by atoms with van der Waals surface area (Å²) in [4.78, 5) is 14.4. The Labute approximate surface area is 113 Å². The third kappa shape index (κ3) is 2.58. The third-order valence-corrected chi connectivity index (χ3v) is 5.13. The molecule has 1 heterocycles. The van der Waals surface area contributed by atoms with Gasteiger partial charge in [0.1, 0.15) is 5.41 Å². The minimum Gasteiger partial charge on any atom is -0.409 e. The summed E-state index contributed by atoms with van der Waals surface area (Å²) in [5.41, 5.74) is 4.89. The molecule has 1 unspecified atom stereocenters. The monoisotopic (exact) mass is 273 g/mol. The number of carbonyl (C=O) groups excluding carboxylic acids is 1. The molecule has 5 nitrogen and oxygen atoms in total. The fourth-order valence-electron chi connectivity index (χ4n) is 2.45. The Hall–Kier alpha value is -0.910. The Morgan fingerprint density at radius 1 is 1.56 bits per heavy atom. The van der Waals surface area contributed by atoms with Crippen molar-refractivity contribution >= 4 is 23.5 Å². The standard InChI is InChI=1S/C12H23N3O2S/c1-4-12(5-2,10(13)14-17)11(16)15(3)9-6-7-18-8-9/h9,17H,4-8H2,1-3H3,(H2,13,14). The van der Waals surface area contributed by atoms with E-state index in [4.69, 9.17) is 10.9 Å². The van der Waals surface area contributed by atoms with E-state index in [9.17, 15) is 4.79 Å². The number of thioether (sulfide) groups is 1. The highest BCUT2D eigenvalue weighted by atomic mass is 32.2. The summed E-state index contributed by atoms with van der Waals surface area (Å²) in [6.07, 6.45) is 2.11. The molecular formula is C12H23N3O2S. The van der Waals surface area contributed by atoms with E-state index >= 15 is 0 Å². The lowest BCUT2D eigenvalue weighted by Gasteiger charge is -2.35. The van der Waals surface area contributed by atoms with Crippen molar-refractivity contribution in [1.82, 2.24) is 4.90 Å². The maximum atomic E-state index is 12.7. The second kappa shape index (κ2) is 6.31. The van der Waals surface area contributed by atoms with Crippen molar-refractivity contribution in [2.75, 3.05) is 18.6 Å². The van der Waals surface area contributed by atoms with Gasteiger partial charge in [0.05, 0.1) is 0 Å². The van der Waals surface area contributed by atoms with Crippen molar-refractivity contribution in [3.8, 4) is 0 Å². The van der Waals surface area contributed by atoms with E-state index in [-0.39, 0.29) is 17.8 Å². The van der Waals surface area contributed by atoms with Gasteiger partial charge in [0.25, 0.3) is 0 Å². The molecule has 0 bridgehead atoms. The van der Waals surface area contributed by atoms with Gasteiger partial charge in [-0.3, -0.25) is 4.79 Å². The van der Waals surface area contributed by atoms with Gasteiger partial charge < -0.3 is 15.8 Å². The molecule has 1 aliphatic heterocycles. The van der Waals surface area contributed by atoms with E-state index in [1.54, 1.807) is 4.90 Å². The van der Waals surface area contributed by atoms with Crippen LogP contribution in [0, 0.1) is 5.41 Å². The molecule has 0 aromatic rings. The molecule has 1 aliphatic rings. The molecule has 1 atom stereocenters. The maximum Gasteiger partial charge on any atom is 0.236 e. The molecule has 104 valence electrons. The first-order valence-corrected chi connectivity index (χ1v) is 7.52. The number of hydrogen-bond donors (Lipinski definition) is 2. The van der Waals surface area contributed by atoms with E-state index in [1.165, 1.54) is 0 Å². The van der Waals surface area contributed by atoms with E-state index < -0.39 is 5.41 Å². The van der Waals surface area contributed by atoms with Gasteiger partial charge in [-0.1, -0.05) is 19.0 Å². The highest BCUT2D eigenvalue weighted by Gasteiger charge is 2.43. The second-order valence-corrected chi connectivity index (χ2v) is 5.86. The third-order valence-electron chi connectivity index (χ3n) is 3.99. The van der Waals surface area contributed by atoms with Gasteiger partial charge in [0.2, 0.25) is 5.91 Å². The predicted octanol–water partition coefficient (Wildman–Crippen LogP) is 1.50. The van der Waals surface area contributed by atoms with Crippen LogP contribution < -0.4 is 5.73 Å². The van der Waals surface area contributed by atoms with E-state index in [0.717, 1.165) is 17.9 Å². The summed E-state index contributed by atoms with van der Waals surface area (Å²) < 4.78 is 0. The number of nitrogens with zero attached hydrogens (tertiary/aromatic N) is 2. The van der Waals surface area contributed by atoms with Gasteiger partial charge >= 0.3 is 0 Å². The maximum absolute atomic E-state index is 12.7. The minimum atomic E-state index is -0.864. The zero-order chi connectivity index (χ0) is 13.8. The first-order valence-electron chi connectivity index (χ1n) is 6.36. The minimum absolute atomic E-state index is 0.0231. The van der Waals surface area contributed by atoms with Crippen molar-refractivity contribution < 1.29 is 10.0 Å².